The van der Waals surface area contributed by atoms with Crippen LogP contribution in [0.15, 0.2) is 53.5 Å². The molecule has 28 heavy (non-hydrogen) atoms. The molecule has 0 aliphatic carbocycles. The summed E-state index contributed by atoms with van der Waals surface area (Å²) >= 11 is 3.38. The van der Waals surface area contributed by atoms with Crippen LogP contribution in [0.5, 0.6) is 0 Å². The summed E-state index contributed by atoms with van der Waals surface area (Å²) in [7, 11) is 0. The highest BCUT2D eigenvalue weighted by molar-refractivity contribution is 8.38. The molecule has 0 unspecified atom stereocenters. The van der Waals surface area contributed by atoms with E-state index in [1.807, 2.05) is 30.3 Å². The van der Waals surface area contributed by atoms with Crippen molar-refractivity contribution >= 4 is 39.7 Å². The second-order valence-corrected chi connectivity index (χ2v) is 8.71. The molecule has 0 spiro atoms. The molecule has 0 saturated carbocycles. The average molecular weight is 414 g/mol. The second kappa shape index (κ2) is 9.94. The first-order valence-electron chi connectivity index (χ1n) is 9.30. The molecule has 1 atom stereocenters. The van der Waals surface area contributed by atoms with Crippen LogP contribution in [-0.4, -0.2) is 34.5 Å². The monoisotopic (exact) mass is 413 g/mol. The summed E-state index contributed by atoms with van der Waals surface area (Å²) in [6.07, 6.45) is 0.0779. The number of hydrogen-bond acceptors (Lipinski definition) is 6. The van der Waals surface area contributed by atoms with Crippen LogP contribution in [0.1, 0.15) is 45.7 Å². The van der Waals surface area contributed by atoms with Crippen molar-refractivity contribution in [1.29, 1.82) is 0 Å². The number of rotatable bonds is 7. The van der Waals surface area contributed by atoms with Gasteiger partial charge in [0, 0.05) is 17.1 Å². The zero-order valence-corrected chi connectivity index (χ0v) is 17.6. The van der Waals surface area contributed by atoms with E-state index in [0.717, 1.165) is 34.2 Å². The van der Waals surface area contributed by atoms with Gasteiger partial charge < -0.3 is 4.74 Å². The average Bonchev–Trinajstić information content (AvgIpc) is 3.25. The quantitative estimate of drug-likeness (QED) is 0.472. The van der Waals surface area contributed by atoms with Crippen LogP contribution < -0.4 is 0 Å². The first kappa shape index (κ1) is 20.7. The number of aliphatic imine (C=N–C) groups is 1. The minimum Gasteiger partial charge on any atom is -0.451 e. The third kappa shape index (κ3) is 5.26. The zero-order valence-electron chi connectivity index (χ0n) is 16.0. The molecule has 2 aromatic rings. The highest BCUT2D eigenvalue weighted by Gasteiger charge is 2.22. The van der Waals surface area contributed by atoms with Crippen molar-refractivity contribution < 1.29 is 14.3 Å². The van der Waals surface area contributed by atoms with Gasteiger partial charge in [-0.25, -0.2) is 4.79 Å². The van der Waals surface area contributed by atoms with Gasteiger partial charge in [0.15, 0.2) is 6.10 Å². The van der Waals surface area contributed by atoms with Gasteiger partial charge in [0.05, 0.1) is 12.1 Å². The SMILES string of the molecule is CCc1ccc(C(=O)[C@@H](C)OC(=O)c2ccccc2CSC2=NCCS2)cc1. The van der Waals surface area contributed by atoms with E-state index >= 15 is 0 Å². The maximum Gasteiger partial charge on any atom is 0.339 e. The fourth-order valence-electron chi connectivity index (χ4n) is 2.80. The summed E-state index contributed by atoms with van der Waals surface area (Å²) in [4.78, 5) is 29.7. The van der Waals surface area contributed by atoms with Gasteiger partial charge in [-0.1, -0.05) is 72.9 Å². The molecule has 0 amide bonds. The van der Waals surface area contributed by atoms with E-state index in [0.29, 0.717) is 16.9 Å². The molecule has 0 saturated heterocycles. The largest absolute Gasteiger partial charge is 0.451 e. The number of Topliss-reactive ketones (excluding diaryl/α,β-unsaturated/α-hetero) is 1. The van der Waals surface area contributed by atoms with Crippen LogP contribution in [0.4, 0.5) is 0 Å². The van der Waals surface area contributed by atoms with Gasteiger partial charge in [-0.15, -0.1) is 0 Å². The third-order valence-electron chi connectivity index (χ3n) is 4.45. The number of benzene rings is 2. The molecule has 1 aliphatic heterocycles. The van der Waals surface area contributed by atoms with Crippen molar-refractivity contribution in [1.82, 2.24) is 0 Å². The second-order valence-electron chi connectivity index (χ2n) is 6.40. The molecule has 0 radical (unpaired) electrons. The van der Waals surface area contributed by atoms with Gasteiger partial charge in [-0.2, -0.15) is 0 Å². The number of esters is 1. The van der Waals surface area contributed by atoms with Crippen LogP contribution in [0.25, 0.3) is 0 Å². The predicted molar refractivity (Wildman–Crippen MR) is 118 cm³/mol. The Bertz CT molecular complexity index is 878. The molecule has 3 rings (SSSR count). The Kier molecular flexibility index (Phi) is 7.34. The van der Waals surface area contributed by atoms with E-state index < -0.39 is 12.1 Å². The minimum atomic E-state index is -0.838. The van der Waals surface area contributed by atoms with E-state index in [-0.39, 0.29) is 5.78 Å². The van der Waals surface area contributed by atoms with Crippen LogP contribution in [0, 0.1) is 0 Å². The molecule has 1 heterocycles. The predicted octanol–water partition coefficient (Wildman–Crippen LogP) is 5.01. The summed E-state index contributed by atoms with van der Waals surface area (Å²) in [6, 6.07) is 14.8. The normalized spacial score (nSPS) is 14.4. The standard InChI is InChI=1S/C22H23NO3S2/c1-3-16-8-10-17(11-9-16)20(24)15(2)26-21(25)19-7-5-4-6-18(19)14-28-22-23-12-13-27-22/h4-11,15H,3,12-14H2,1-2H3/t15-/m1/s1. The summed E-state index contributed by atoms with van der Waals surface area (Å²) < 4.78 is 6.55. The summed E-state index contributed by atoms with van der Waals surface area (Å²) in [5, 5.41) is 0. The Morgan fingerprint density at radius 2 is 1.93 bits per heavy atom. The molecule has 0 N–H and O–H groups in total. The molecule has 6 heteroatoms. The summed E-state index contributed by atoms with van der Waals surface area (Å²) in [6.45, 7) is 4.54. The highest BCUT2D eigenvalue weighted by atomic mass is 32.2. The van der Waals surface area contributed by atoms with E-state index in [1.165, 1.54) is 0 Å². The number of carbonyl (C=O) groups is 2. The molecule has 0 bridgehead atoms. The van der Waals surface area contributed by atoms with Gasteiger partial charge in [0.1, 0.15) is 4.38 Å². The lowest BCUT2D eigenvalue weighted by Crippen LogP contribution is -2.25. The topological polar surface area (TPSA) is 55.7 Å². The molecule has 2 aromatic carbocycles. The van der Waals surface area contributed by atoms with Crippen molar-refractivity contribution in [2.45, 2.75) is 32.1 Å². The van der Waals surface area contributed by atoms with Crippen molar-refractivity contribution in [2.75, 3.05) is 12.3 Å². The maximum atomic E-state index is 12.7. The Balaban J connectivity index is 1.65. The van der Waals surface area contributed by atoms with Crippen molar-refractivity contribution in [3.05, 3.63) is 70.8 Å². The Morgan fingerprint density at radius 3 is 2.61 bits per heavy atom. The molecule has 0 fully saturated rings. The van der Waals surface area contributed by atoms with Crippen molar-refractivity contribution in [3.8, 4) is 0 Å². The summed E-state index contributed by atoms with van der Waals surface area (Å²) in [5.74, 6) is 1.01. The van der Waals surface area contributed by atoms with E-state index in [9.17, 15) is 9.59 Å². The zero-order chi connectivity index (χ0) is 19.9. The number of ether oxygens (including phenoxy) is 1. The number of thioether (sulfide) groups is 2. The van der Waals surface area contributed by atoms with Crippen LogP contribution in [0.3, 0.4) is 0 Å². The summed E-state index contributed by atoms with van der Waals surface area (Å²) in [5.41, 5.74) is 3.11. The lowest BCUT2D eigenvalue weighted by molar-refractivity contribution is 0.0318. The number of aryl methyl sites for hydroxylation is 1. The lowest BCUT2D eigenvalue weighted by Gasteiger charge is -2.14. The van der Waals surface area contributed by atoms with Gasteiger partial charge in [0.25, 0.3) is 0 Å². The molecule has 4 nitrogen and oxygen atoms in total. The fourth-order valence-corrected chi connectivity index (χ4v) is 4.82. The third-order valence-corrected chi connectivity index (χ3v) is 6.75. The lowest BCUT2D eigenvalue weighted by atomic mass is 10.0. The van der Waals surface area contributed by atoms with E-state index in [4.69, 9.17) is 4.74 Å². The van der Waals surface area contributed by atoms with Crippen LogP contribution >= 0.6 is 23.5 Å². The Labute approximate surface area is 174 Å². The van der Waals surface area contributed by atoms with Crippen LogP contribution in [0.2, 0.25) is 0 Å². The van der Waals surface area contributed by atoms with E-state index in [2.05, 4.69) is 11.9 Å². The minimum absolute atomic E-state index is 0.195. The number of nitrogens with zero attached hydrogens (tertiary/aromatic N) is 1. The van der Waals surface area contributed by atoms with Gasteiger partial charge in [-0.3, -0.25) is 9.79 Å². The molecule has 0 aromatic heterocycles. The first-order valence-corrected chi connectivity index (χ1v) is 11.3. The van der Waals surface area contributed by atoms with E-state index in [1.54, 1.807) is 48.6 Å². The molecule has 146 valence electrons. The highest BCUT2D eigenvalue weighted by Crippen LogP contribution is 2.27. The smallest absolute Gasteiger partial charge is 0.339 e. The Morgan fingerprint density at radius 1 is 1.18 bits per heavy atom. The fraction of sp³-hybridized carbons (Fsp3) is 0.318. The van der Waals surface area contributed by atoms with Gasteiger partial charge in [0.2, 0.25) is 5.78 Å². The molecular formula is C22H23NO3S2. The maximum absolute atomic E-state index is 12.7. The van der Waals surface area contributed by atoms with Gasteiger partial charge >= 0.3 is 5.97 Å². The van der Waals surface area contributed by atoms with Crippen LogP contribution in [-0.2, 0) is 16.9 Å². The number of ketones is 1. The van der Waals surface area contributed by atoms with Gasteiger partial charge in [-0.05, 0) is 30.5 Å². The number of carbonyl (C=O) groups excluding carboxylic acids is 2. The molecule has 1 aliphatic rings. The Hall–Kier alpha value is -2.05. The van der Waals surface area contributed by atoms with Crippen molar-refractivity contribution in [2.24, 2.45) is 4.99 Å². The van der Waals surface area contributed by atoms with Crippen molar-refractivity contribution in [3.63, 3.8) is 0 Å². The molecular weight excluding hydrogens is 390 g/mol. The first-order chi connectivity index (χ1) is 13.6. The number of hydrogen-bond donors (Lipinski definition) is 0.